The summed E-state index contributed by atoms with van der Waals surface area (Å²) in [7, 11) is -2.29. The number of carbonyl (C=O) groups is 1. The van der Waals surface area contributed by atoms with E-state index in [0.29, 0.717) is 0 Å². The molecule has 1 aliphatic heterocycles. The number of rotatable bonds is 7. The number of Topliss-reactive ketones (excluding diaryl/α,β-unsaturated/α-hetero) is 1. The second kappa shape index (κ2) is 11.1. The molecule has 206 valence electrons. The topological polar surface area (TPSA) is 88.4 Å². The van der Waals surface area contributed by atoms with Gasteiger partial charge in [0.05, 0.1) is 11.2 Å². The monoisotopic (exact) mass is 587 g/mol. The molecule has 2 heterocycles. The summed E-state index contributed by atoms with van der Waals surface area (Å²) in [6.45, 7) is 0.816. The highest BCUT2D eigenvalue weighted by atomic mass is 35.5. The van der Waals surface area contributed by atoms with E-state index in [1.807, 2.05) is 4.90 Å². The summed E-state index contributed by atoms with van der Waals surface area (Å²) in [4.78, 5) is 14.8. The Balaban J connectivity index is 0.00000380. The number of nitrogens with zero attached hydrogens (tertiary/aromatic N) is 5. The Morgan fingerprint density at radius 3 is 2.22 bits per heavy atom. The number of ketones is 1. The van der Waals surface area contributed by atoms with Crippen LogP contribution in [0.2, 0.25) is 5.02 Å². The third kappa shape index (κ3) is 6.27. The lowest BCUT2D eigenvalue weighted by atomic mass is 9.74. The van der Waals surface area contributed by atoms with Crippen LogP contribution in [0.5, 0.6) is 0 Å². The van der Waals surface area contributed by atoms with Crippen molar-refractivity contribution in [3.63, 3.8) is 0 Å². The Bertz CT molecular complexity index is 1240. The van der Waals surface area contributed by atoms with Crippen LogP contribution in [0, 0.1) is 11.6 Å². The van der Waals surface area contributed by atoms with E-state index in [-0.39, 0.29) is 92.7 Å². The first kappa shape index (κ1) is 29.8. The molecule has 2 aromatic rings. The molecule has 1 aromatic heterocycles. The third-order valence-electron chi connectivity index (χ3n) is 7.14. The van der Waals surface area contributed by atoms with Crippen molar-refractivity contribution in [1.29, 1.82) is 0 Å². The van der Waals surface area contributed by atoms with Crippen molar-refractivity contribution in [3.05, 3.63) is 40.6 Å². The van der Waals surface area contributed by atoms with Gasteiger partial charge in [-0.1, -0.05) is 16.8 Å². The molecule has 37 heavy (non-hydrogen) atoms. The highest BCUT2D eigenvalue weighted by molar-refractivity contribution is 7.89. The molecule has 0 radical (unpaired) electrons. The second-order valence-corrected chi connectivity index (χ2v) is 11.7. The van der Waals surface area contributed by atoms with Gasteiger partial charge >= 0.3 is 0 Å². The fourth-order valence-corrected chi connectivity index (χ4v) is 6.59. The fourth-order valence-electron chi connectivity index (χ4n) is 5.00. The van der Waals surface area contributed by atoms with Gasteiger partial charge in [0.15, 0.2) is 17.4 Å². The van der Waals surface area contributed by atoms with Gasteiger partial charge in [-0.2, -0.15) is 4.31 Å². The lowest BCUT2D eigenvalue weighted by Gasteiger charge is -2.50. The number of carbonyl (C=O) groups excluding carboxylic acids is 1. The predicted octanol–water partition coefficient (Wildman–Crippen LogP) is 4.09. The van der Waals surface area contributed by atoms with E-state index in [4.69, 9.17) is 11.6 Å². The lowest BCUT2D eigenvalue weighted by Crippen LogP contribution is -2.59. The van der Waals surface area contributed by atoms with Gasteiger partial charge in [-0.25, -0.2) is 26.0 Å². The molecule has 0 unspecified atom stereocenters. The molecular formula is C22H27Cl2F4N5O3S. The lowest BCUT2D eigenvalue weighted by molar-refractivity contribution is -0.0891. The zero-order valence-corrected chi connectivity index (χ0v) is 22.4. The number of aryl methyl sites for hydroxylation is 1. The van der Waals surface area contributed by atoms with E-state index in [1.165, 1.54) is 15.2 Å². The third-order valence-corrected chi connectivity index (χ3v) is 9.21. The Kier molecular flexibility index (Phi) is 8.95. The Morgan fingerprint density at radius 1 is 1.05 bits per heavy atom. The quantitative estimate of drug-likeness (QED) is 0.275. The van der Waals surface area contributed by atoms with Crippen LogP contribution in [0.4, 0.5) is 17.6 Å². The maximum Gasteiger partial charge on any atom is 0.264 e. The Hall–Kier alpha value is -1.80. The van der Waals surface area contributed by atoms with Crippen LogP contribution in [0.15, 0.2) is 23.4 Å². The summed E-state index contributed by atoms with van der Waals surface area (Å²) in [5.41, 5.74) is -0.920. The van der Waals surface area contributed by atoms with Crippen molar-refractivity contribution >= 4 is 39.8 Å². The number of alkyl halides is 2. The molecule has 0 bridgehead atoms. The minimum Gasteiger partial charge on any atom is -0.295 e. The molecule has 1 aliphatic carbocycles. The van der Waals surface area contributed by atoms with E-state index >= 15 is 0 Å². The largest absolute Gasteiger partial charge is 0.295 e. The van der Waals surface area contributed by atoms with Crippen LogP contribution >= 0.6 is 24.0 Å². The van der Waals surface area contributed by atoms with E-state index in [2.05, 4.69) is 10.3 Å². The zero-order chi connectivity index (χ0) is 26.3. The molecule has 0 amide bonds. The van der Waals surface area contributed by atoms with Crippen LogP contribution in [0.1, 0.15) is 48.9 Å². The molecule has 15 heteroatoms. The molecule has 1 saturated heterocycles. The zero-order valence-electron chi connectivity index (χ0n) is 20.0. The van der Waals surface area contributed by atoms with Gasteiger partial charge in [0, 0.05) is 63.6 Å². The SMILES string of the molecule is Cl.Cn1cc(S(=O)(=O)N2CCN(C3(CCC(=O)c4cc(F)c(F)cc4Cl)CCC(F)(F)CC3)CC2)nn1. The summed E-state index contributed by atoms with van der Waals surface area (Å²) in [6, 6.07) is 1.48. The Morgan fingerprint density at radius 2 is 1.65 bits per heavy atom. The molecule has 0 N–H and O–H groups in total. The van der Waals surface area contributed by atoms with Gasteiger partial charge in [0.25, 0.3) is 10.0 Å². The minimum atomic E-state index is -3.85. The van der Waals surface area contributed by atoms with Gasteiger partial charge in [0.1, 0.15) is 0 Å². The van der Waals surface area contributed by atoms with Crippen molar-refractivity contribution < 1.29 is 30.8 Å². The summed E-state index contributed by atoms with van der Waals surface area (Å²) < 4.78 is 83.5. The average molecular weight is 588 g/mol. The number of hydrogen-bond donors (Lipinski definition) is 0. The molecule has 0 spiro atoms. The number of halogens is 6. The van der Waals surface area contributed by atoms with Crippen molar-refractivity contribution in [2.24, 2.45) is 7.05 Å². The van der Waals surface area contributed by atoms with Crippen LogP contribution < -0.4 is 0 Å². The average Bonchev–Trinajstić information content (AvgIpc) is 3.28. The normalized spacial score (nSPS) is 20.4. The van der Waals surface area contributed by atoms with Crippen LogP contribution in [-0.2, 0) is 17.1 Å². The number of benzene rings is 1. The van der Waals surface area contributed by atoms with E-state index in [9.17, 15) is 30.8 Å². The summed E-state index contributed by atoms with van der Waals surface area (Å²) >= 11 is 5.94. The molecular weight excluding hydrogens is 561 g/mol. The highest BCUT2D eigenvalue weighted by Crippen LogP contribution is 2.44. The molecule has 2 fully saturated rings. The molecule has 1 aromatic carbocycles. The Labute approximate surface area is 223 Å². The van der Waals surface area contributed by atoms with Crippen molar-refractivity contribution in [2.45, 2.75) is 55.0 Å². The molecule has 4 rings (SSSR count). The highest BCUT2D eigenvalue weighted by Gasteiger charge is 2.47. The van der Waals surface area contributed by atoms with E-state index in [1.54, 1.807) is 7.05 Å². The first-order chi connectivity index (χ1) is 16.8. The fraction of sp³-hybridized carbons (Fsp3) is 0.591. The van der Waals surface area contributed by atoms with Crippen LogP contribution in [0.25, 0.3) is 0 Å². The summed E-state index contributed by atoms with van der Waals surface area (Å²) in [5, 5.41) is 6.97. The maximum atomic E-state index is 14.0. The number of sulfonamides is 1. The number of piperazine rings is 1. The van der Waals surface area contributed by atoms with E-state index in [0.717, 1.165) is 12.1 Å². The van der Waals surface area contributed by atoms with Crippen LogP contribution in [-0.4, -0.2) is 76.0 Å². The summed E-state index contributed by atoms with van der Waals surface area (Å²) in [6.07, 6.45) is 0.936. The molecule has 8 nitrogen and oxygen atoms in total. The van der Waals surface area contributed by atoms with Crippen molar-refractivity contribution in [3.8, 4) is 0 Å². The molecule has 2 aliphatic rings. The predicted molar refractivity (Wildman–Crippen MR) is 130 cm³/mol. The summed E-state index contributed by atoms with van der Waals surface area (Å²) in [5.74, 6) is -5.69. The van der Waals surface area contributed by atoms with Crippen LogP contribution in [0.3, 0.4) is 0 Å². The molecule has 1 saturated carbocycles. The first-order valence-electron chi connectivity index (χ1n) is 11.5. The van der Waals surface area contributed by atoms with Gasteiger partial charge in [-0.05, 0) is 31.4 Å². The van der Waals surface area contributed by atoms with Gasteiger partial charge < -0.3 is 0 Å². The number of hydrogen-bond acceptors (Lipinski definition) is 6. The minimum absolute atomic E-state index is 0. The van der Waals surface area contributed by atoms with Gasteiger partial charge in [-0.15, -0.1) is 17.5 Å². The van der Waals surface area contributed by atoms with Crippen molar-refractivity contribution in [2.75, 3.05) is 26.2 Å². The maximum absolute atomic E-state index is 14.0. The first-order valence-corrected chi connectivity index (χ1v) is 13.3. The number of aromatic nitrogens is 3. The van der Waals surface area contributed by atoms with E-state index < -0.39 is 38.9 Å². The van der Waals surface area contributed by atoms with Gasteiger partial charge in [0.2, 0.25) is 10.9 Å². The molecule has 0 atom stereocenters. The standard InChI is InChI=1S/C22H26ClF4N5O3S.ClH/c1-30-14-20(28-29-30)36(34,35)32-10-8-31(9-11-32)21(4-6-22(26,27)7-5-21)3-2-19(33)15-12-17(24)18(25)13-16(15)23;/h12-14H,2-11H2,1H3;1H. The second-order valence-electron chi connectivity index (χ2n) is 9.37. The van der Waals surface area contributed by atoms with Crippen molar-refractivity contribution in [1.82, 2.24) is 24.2 Å². The van der Waals surface area contributed by atoms with Gasteiger partial charge in [-0.3, -0.25) is 14.4 Å². The smallest absolute Gasteiger partial charge is 0.264 e.